The van der Waals surface area contributed by atoms with Crippen molar-refractivity contribution in [3.63, 3.8) is 0 Å². The van der Waals surface area contributed by atoms with Gasteiger partial charge in [-0.25, -0.2) is 0 Å². The molecule has 0 bridgehead atoms. The molecule has 0 aliphatic heterocycles. The van der Waals surface area contributed by atoms with Gasteiger partial charge in [-0.3, -0.25) is 4.98 Å². The van der Waals surface area contributed by atoms with E-state index in [-0.39, 0.29) is 0 Å². The summed E-state index contributed by atoms with van der Waals surface area (Å²) in [6.07, 6.45) is 6.11. The van der Waals surface area contributed by atoms with Gasteiger partial charge in [0.25, 0.3) is 0 Å². The number of anilines is 2. The van der Waals surface area contributed by atoms with Crippen LogP contribution in [-0.2, 0) is 0 Å². The van der Waals surface area contributed by atoms with Gasteiger partial charge in [0, 0.05) is 12.7 Å². The highest BCUT2D eigenvalue weighted by molar-refractivity contribution is 9.10. The number of nitrogens with one attached hydrogen (secondary N) is 1. The van der Waals surface area contributed by atoms with Gasteiger partial charge < -0.3 is 11.1 Å². The Morgan fingerprint density at radius 3 is 3.00 bits per heavy atom. The van der Waals surface area contributed by atoms with Crippen LogP contribution in [0.5, 0.6) is 0 Å². The van der Waals surface area contributed by atoms with Crippen molar-refractivity contribution in [1.29, 1.82) is 0 Å². The van der Waals surface area contributed by atoms with Crippen molar-refractivity contribution < 1.29 is 0 Å². The Morgan fingerprint density at radius 1 is 1.62 bits per heavy atom. The third kappa shape index (κ3) is 2.73. The van der Waals surface area contributed by atoms with Crippen LogP contribution in [0, 0.1) is 0 Å². The summed E-state index contributed by atoms with van der Waals surface area (Å²) in [6, 6.07) is 0. The summed E-state index contributed by atoms with van der Waals surface area (Å²) in [5.74, 6) is 0. The van der Waals surface area contributed by atoms with Crippen LogP contribution in [0.1, 0.15) is 6.42 Å². The van der Waals surface area contributed by atoms with Crippen molar-refractivity contribution in [2.45, 2.75) is 6.42 Å². The monoisotopic (exact) mass is 241 g/mol. The molecule has 0 radical (unpaired) electrons. The maximum atomic E-state index is 5.72. The number of nitrogens with two attached hydrogens (primary N) is 1. The second kappa shape index (κ2) is 4.87. The molecule has 0 amide bonds. The van der Waals surface area contributed by atoms with Gasteiger partial charge >= 0.3 is 0 Å². The number of aromatic nitrogens is 1. The van der Waals surface area contributed by atoms with Crippen molar-refractivity contribution in [3.05, 3.63) is 29.5 Å². The molecule has 0 fully saturated rings. The lowest BCUT2D eigenvalue weighted by atomic mass is 10.3. The second-order valence-corrected chi connectivity index (χ2v) is 3.44. The zero-order chi connectivity index (χ0) is 9.68. The van der Waals surface area contributed by atoms with Crippen LogP contribution in [0.3, 0.4) is 0 Å². The third-order valence-electron chi connectivity index (χ3n) is 1.58. The van der Waals surface area contributed by atoms with E-state index in [0.29, 0.717) is 5.69 Å². The SMILES string of the molecule is C=CCCNc1c(N)cncc1Br. The average Bonchev–Trinajstić information content (AvgIpc) is 2.10. The lowest BCUT2D eigenvalue weighted by Gasteiger charge is -2.09. The molecule has 0 aromatic carbocycles. The summed E-state index contributed by atoms with van der Waals surface area (Å²) in [5.41, 5.74) is 7.27. The Hall–Kier alpha value is -1.03. The number of nitrogens with zero attached hydrogens (tertiary/aromatic N) is 1. The summed E-state index contributed by atoms with van der Waals surface area (Å²) < 4.78 is 0.886. The van der Waals surface area contributed by atoms with Crippen LogP contribution in [0.4, 0.5) is 11.4 Å². The van der Waals surface area contributed by atoms with Gasteiger partial charge in [-0.2, -0.15) is 0 Å². The van der Waals surface area contributed by atoms with Crippen molar-refractivity contribution in [3.8, 4) is 0 Å². The molecule has 0 unspecified atom stereocenters. The van der Waals surface area contributed by atoms with Gasteiger partial charge in [0.2, 0.25) is 0 Å². The van der Waals surface area contributed by atoms with Crippen LogP contribution >= 0.6 is 15.9 Å². The zero-order valence-electron chi connectivity index (χ0n) is 7.26. The molecule has 0 saturated heterocycles. The van der Waals surface area contributed by atoms with E-state index in [4.69, 9.17) is 5.73 Å². The fraction of sp³-hybridized carbons (Fsp3) is 0.222. The molecule has 4 heteroatoms. The first-order valence-electron chi connectivity index (χ1n) is 3.99. The summed E-state index contributed by atoms with van der Waals surface area (Å²) in [5, 5.41) is 3.20. The highest BCUT2D eigenvalue weighted by Gasteiger charge is 2.02. The van der Waals surface area contributed by atoms with Crippen LogP contribution in [0.2, 0.25) is 0 Å². The van der Waals surface area contributed by atoms with E-state index in [1.165, 1.54) is 0 Å². The summed E-state index contributed by atoms with van der Waals surface area (Å²) >= 11 is 3.37. The van der Waals surface area contributed by atoms with E-state index in [0.717, 1.165) is 23.1 Å². The van der Waals surface area contributed by atoms with Crippen LogP contribution in [0.25, 0.3) is 0 Å². The van der Waals surface area contributed by atoms with Crippen LogP contribution in [0.15, 0.2) is 29.5 Å². The van der Waals surface area contributed by atoms with Crippen LogP contribution in [-0.4, -0.2) is 11.5 Å². The summed E-state index contributed by atoms with van der Waals surface area (Å²) in [4.78, 5) is 3.94. The Labute approximate surface area is 86.2 Å². The van der Waals surface area contributed by atoms with Crippen molar-refractivity contribution in [1.82, 2.24) is 4.98 Å². The fourth-order valence-corrected chi connectivity index (χ4v) is 1.42. The van der Waals surface area contributed by atoms with Gasteiger partial charge in [0.05, 0.1) is 22.0 Å². The Morgan fingerprint density at radius 2 is 2.38 bits per heavy atom. The van der Waals surface area contributed by atoms with E-state index in [9.17, 15) is 0 Å². The molecule has 1 aromatic heterocycles. The molecular formula is C9H12BrN3. The average molecular weight is 242 g/mol. The van der Waals surface area contributed by atoms with Gasteiger partial charge in [-0.05, 0) is 22.4 Å². The second-order valence-electron chi connectivity index (χ2n) is 2.59. The Bertz CT molecular complexity index is 279. The topological polar surface area (TPSA) is 50.9 Å². The molecular weight excluding hydrogens is 230 g/mol. The first-order valence-corrected chi connectivity index (χ1v) is 4.78. The lowest BCUT2D eigenvalue weighted by molar-refractivity contribution is 1.07. The molecule has 3 nitrogen and oxygen atoms in total. The van der Waals surface area contributed by atoms with Gasteiger partial charge in [-0.15, -0.1) is 6.58 Å². The number of nitrogen functional groups attached to an aromatic ring is 1. The minimum absolute atomic E-state index is 0.651. The molecule has 0 aliphatic rings. The number of halogens is 1. The van der Waals surface area contributed by atoms with Crippen molar-refractivity contribution >= 4 is 27.3 Å². The molecule has 1 rings (SSSR count). The number of hydrogen-bond acceptors (Lipinski definition) is 3. The molecule has 1 aromatic rings. The highest BCUT2D eigenvalue weighted by Crippen LogP contribution is 2.26. The lowest BCUT2D eigenvalue weighted by Crippen LogP contribution is -2.04. The quantitative estimate of drug-likeness (QED) is 0.629. The molecule has 0 aliphatic carbocycles. The smallest absolute Gasteiger partial charge is 0.0750 e. The minimum atomic E-state index is 0.651. The first kappa shape index (κ1) is 10.1. The number of hydrogen-bond donors (Lipinski definition) is 2. The van der Waals surface area contributed by atoms with Gasteiger partial charge in [0.15, 0.2) is 0 Å². The van der Waals surface area contributed by atoms with Gasteiger partial charge in [0.1, 0.15) is 0 Å². The standard InChI is InChI=1S/C9H12BrN3/c1-2-3-4-13-9-7(10)5-12-6-8(9)11/h2,5-6H,1,3-4,11H2,(H,12,13). The number of rotatable bonds is 4. The third-order valence-corrected chi connectivity index (χ3v) is 2.18. The zero-order valence-corrected chi connectivity index (χ0v) is 8.84. The summed E-state index contributed by atoms with van der Waals surface area (Å²) in [7, 11) is 0. The van der Waals surface area contributed by atoms with Crippen molar-refractivity contribution in [2.24, 2.45) is 0 Å². The maximum absolute atomic E-state index is 5.72. The van der Waals surface area contributed by atoms with E-state index in [1.54, 1.807) is 12.4 Å². The van der Waals surface area contributed by atoms with E-state index < -0.39 is 0 Å². The molecule has 0 atom stereocenters. The maximum Gasteiger partial charge on any atom is 0.0750 e. The molecule has 1 heterocycles. The molecule has 3 N–H and O–H groups in total. The molecule has 0 saturated carbocycles. The van der Waals surface area contributed by atoms with Gasteiger partial charge in [-0.1, -0.05) is 6.08 Å². The van der Waals surface area contributed by atoms with E-state index in [1.807, 2.05) is 6.08 Å². The molecule has 70 valence electrons. The predicted octanol–water partition coefficient (Wildman–Crippen LogP) is 2.41. The Kier molecular flexibility index (Phi) is 3.76. The fourth-order valence-electron chi connectivity index (χ4n) is 0.936. The minimum Gasteiger partial charge on any atom is -0.396 e. The molecule has 13 heavy (non-hydrogen) atoms. The first-order chi connectivity index (χ1) is 6.25. The largest absolute Gasteiger partial charge is 0.396 e. The molecule has 0 spiro atoms. The predicted molar refractivity (Wildman–Crippen MR) is 59.7 cm³/mol. The normalized spacial score (nSPS) is 9.62. The number of pyridine rings is 1. The van der Waals surface area contributed by atoms with Crippen LogP contribution < -0.4 is 11.1 Å². The highest BCUT2D eigenvalue weighted by atomic mass is 79.9. The summed E-state index contributed by atoms with van der Waals surface area (Å²) in [6.45, 7) is 4.47. The Balaban J connectivity index is 2.69. The van der Waals surface area contributed by atoms with E-state index in [2.05, 4.69) is 32.8 Å². The van der Waals surface area contributed by atoms with Crippen molar-refractivity contribution in [2.75, 3.05) is 17.6 Å². The van der Waals surface area contributed by atoms with E-state index >= 15 is 0 Å².